The van der Waals surface area contributed by atoms with E-state index < -0.39 is 0 Å². The standard InChI is InChI=1S/C19H24O2/c1-19-9-8-16-15-6-4-14(21)10-12(15)2-5-17(16)18(19)7-3-13(19)11-20/h2,5,10-11,13,15-18H,3-4,6-9H2,1H3. The summed E-state index contributed by atoms with van der Waals surface area (Å²) in [6.07, 6.45) is 14.2. The van der Waals surface area contributed by atoms with Crippen molar-refractivity contribution in [2.24, 2.45) is 35.0 Å². The Labute approximate surface area is 126 Å². The van der Waals surface area contributed by atoms with E-state index in [1.807, 2.05) is 6.08 Å². The first-order valence-electron chi connectivity index (χ1n) is 8.51. The number of carbonyl (C=O) groups excluding carboxylic acids is 2. The molecule has 21 heavy (non-hydrogen) atoms. The van der Waals surface area contributed by atoms with Gasteiger partial charge in [-0.15, -0.1) is 0 Å². The van der Waals surface area contributed by atoms with Crippen molar-refractivity contribution in [1.82, 2.24) is 0 Å². The predicted molar refractivity (Wildman–Crippen MR) is 81.6 cm³/mol. The lowest BCUT2D eigenvalue weighted by Crippen LogP contribution is -2.45. The van der Waals surface area contributed by atoms with Crippen molar-refractivity contribution in [3.8, 4) is 0 Å². The molecule has 6 unspecified atom stereocenters. The van der Waals surface area contributed by atoms with Crippen LogP contribution < -0.4 is 0 Å². The molecule has 0 aromatic heterocycles. The van der Waals surface area contributed by atoms with Crippen molar-refractivity contribution in [2.45, 2.75) is 45.4 Å². The Morgan fingerprint density at radius 2 is 2.10 bits per heavy atom. The highest BCUT2D eigenvalue weighted by molar-refractivity contribution is 5.91. The molecule has 0 aromatic rings. The van der Waals surface area contributed by atoms with Gasteiger partial charge in [-0.2, -0.15) is 0 Å². The third kappa shape index (κ3) is 1.84. The van der Waals surface area contributed by atoms with E-state index in [0.717, 1.165) is 19.3 Å². The van der Waals surface area contributed by atoms with Crippen molar-refractivity contribution < 1.29 is 9.59 Å². The van der Waals surface area contributed by atoms with Gasteiger partial charge < -0.3 is 4.79 Å². The molecule has 4 rings (SSSR count). The molecule has 2 nitrogen and oxygen atoms in total. The normalized spacial score (nSPS) is 48.1. The van der Waals surface area contributed by atoms with Crippen molar-refractivity contribution in [1.29, 1.82) is 0 Å². The first-order valence-corrected chi connectivity index (χ1v) is 8.51. The van der Waals surface area contributed by atoms with E-state index in [1.54, 1.807) is 0 Å². The highest BCUT2D eigenvalue weighted by Gasteiger charge is 2.55. The summed E-state index contributed by atoms with van der Waals surface area (Å²) in [5.41, 5.74) is 1.50. The van der Waals surface area contributed by atoms with Crippen molar-refractivity contribution in [3.05, 3.63) is 23.8 Å². The minimum absolute atomic E-state index is 0.221. The monoisotopic (exact) mass is 284 g/mol. The molecule has 0 saturated heterocycles. The molecular weight excluding hydrogens is 260 g/mol. The Balaban J connectivity index is 1.68. The summed E-state index contributed by atoms with van der Waals surface area (Å²) in [7, 11) is 0. The molecule has 0 radical (unpaired) electrons. The first kappa shape index (κ1) is 13.5. The van der Waals surface area contributed by atoms with E-state index in [2.05, 4.69) is 19.1 Å². The highest BCUT2D eigenvalue weighted by Crippen LogP contribution is 2.61. The average molecular weight is 284 g/mol. The van der Waals surface area contributed by atoms with Crippen LogP contribution in [0.15, 0.2) is 23.8 Å². The van der Waals surface area contributed by atoms with Gasteiger partial charge in [-0.25, -0.2) is 0 Å². The van der Waals surface area contributed by atoms with Crippen LogP contribution in [0.4, 0.5) is 0 Å². The van der Waals surface area contributed by atoms with Crippen LogP contribution in [0.25, 0.3) is 0 Å². The average Bonchev–Trinajstić information content (AvgIpc) is 2.83. The smallest absolute Gasteiger partial charge is 0.155 e. The number of ketones is 1. The number of hydrogen-bond donors (Lipinski definition) is 0. The molecule has 0 heterocycles. The fourth-order valence-electron chi connectivity index (χ4n) is 5.92. The molecule has 0 bridgehead atoms. The zero-order valence-electron chi connectivity index (χ0n) is 12.8. The summed E-state index contributed by atoms with van der Waals surface area (Å²) in [5, 5.41) is 0. The fraction of sp³-hybridized carbons (Fsp3) is 0.684. The van der Waals surface area contributed by atoms with Crippen LogP contribution in [-0.2, 0) is 9.59 Å². The van der Waals surface area contributed by atoms with Gasteiger partial charge in [-0.3, -0.25) is 4.79 Å². The Morgan fingerprint density at radius 1 is 1.24 bits per heavy atom. The zero-order valence-corrected chi connectivity index (χ0v) is 12.8. The van der Waals surface area contributed by atoms with Gasteiger partial charge in [0.2, 0.25) is 0 Å². The van der Waals surface area contributed by atoms with Gasteiger partial charge in [0, 0.05) is 12.3 Å². The molecule has 2 heteroatoms. The lowest BCUT2D eigenvalue weighted by atomic mass is 9.53. The Kier molecular flexibility index (Phi) is 2.99. The summed E-state index contributed by atoms with van der Waals surface area (Å²) in [5.74, 6) is 3.16. The lowest BCUT2D eigenvalue weighted by molar-refractivity contribution is -0.117. The highest BCUT2D eigenvalue weighted by atomic mass is 16.1. The van der Waals surface area contributed by atoms with Crippen molar-refractivity contribution in [3.63, 3.8) is 0 Å². The quantitative estimate of drug-likeness (QED) is 0.688. The maximum absolute atomic E-state index is 11.6. The maximum atomic E-state index is 11.6. The number of carbonyl (C=O) groups is 2. The van der Waals surface area contributed by atoms with E-state index in [9.17, 15) is 9.59 Å². The molecule has 4 aliphatic carbocycles. The van der Waals surface area contributed by atoms with Crippen LogP contribution >= 0.6 is 0 Å². The Morgan fingerprint density at radius 3 is 2.90 bits per heavy atom. The SMILES string of the molecule is CC12CCC3C4CCC(=O)C=C4C=CC3C1CCC2C=O. The van der Waals surface area contributed by atoms with Crippen LogP contribution in [-0.4, -0.2) is 12.1 Å². The lowest BCUT2D eigenvalue weighted by Gasteiger charge is -2.51. The molecule has 0 spiro atoms. The van der Waals surface area contributed by atoms with E-state index in [0.29, 0.717) is 29.5 Å². The Bertz CT molecular complexity index is 544. The van der Waals surface area contributed by atoms with Gasteiger partial charge in [0.1, 0.15) is 6.29 Å². The van der Waals surface area contributed by atoms with Gasteiger partial charge in [-0.1, -0.05) is 19.1 Å². The predicted octanol–water partition coefficient (Wildman–Crippen LogP) is 3.72. The van der Waals surface area contributed by atoms with Crippen LogP contribution in [0.5, 0.6) is 0 Å². The van der Waals surface area contributed by atoms with E-state index >= 15 is 0 Å². The number of aldehydes is 1. The molecule has 6 atom stereocenters. The summed E-state index contributed by atoms with van der Waals surface area (Å²) in [6, 6.07) is 0. The summed E-state index contributed by atoms with van der Waals surface area (Å²) in [6.45, 7) is 2.35. The Hall–Kier alpha value is -1.18. The van der Waals surface area contributed by atoms with E-state index in [1.165, 1.54) is 31.1 Å². The van der Waals surface area contributed by atoms with Gasteiger partial charge in [0.05, 0.1) is 0 Å². The molecular formula is C19H24O2. The summed E-state index contributed by atoms with van der Waals surface area (Å²) < 4.78 is 0. The van der Waals surface area contributed by atoms with Gasteiger partial charge >= 0.3 is 0 Å². The van der Waals surface area contributed by atoms with Crippen LogP contribution in [0.1, 0.15) is 45.4 Å². The number of fused-ring (bicyclic) bond motifs is 5. The van der Waals surface area contributed by atoms with Gasteiger partial charge in [0.15, 0.2) is 5.78 Å². The van der Waals surface area contributed by atoms with E-state index in [4.69, 9.17) is 0 Å². The molecule has 2 fully saturated rings. The van der Waals surface area contributed by atoms with Crippen LogP contribution in [0.3, 0.4) is 0 Å². The molecule has 4 aliphatic rings. The number of hydrogen-bond acceptors (Lipinski definition) is 2. The first-order chi connectivity index (χ1) is 10.1. The number of allylic oxidation sites excluding steroid dienone is 4. The minimum atomic E-state index is 0.221. The molecule has 0 amide bonds. The topological polar surface area (TPSA) is 34.1 Å². The minimum Gasteiger partial charge on any atom is -0.303 e. The van der Waals surface area contributed by atoms with E-state index in [-0.39, 0.29) is 11.3 Å². The number of rotatable bonds is 1. The molecule has 112 valence electrons. The second kappa shape index (κ2) is 4.66. The van der Waals surface area contributed by atoms with Crippen molar-refractivity contribution >= 4 is 12.1 Å². The summed E-state index contributed by atoms with van der Waals surface area (Å²) in [4.78, 5) is 23.1. The fourth-order valence-corrected chi connectivity index (χ4v) is 5.92. The summed E-state index contributed by atoms with van der Waals surface area (Å²) >= 11 is 0. The second-order valence-electron chi connectivity index (χ2n) is 7.83. The zero-order chi connectivity index (χ0) is 14.6. The van der Waals surface area contributed by atoms with Crippen LogP contribution in [0.2, 0.25) is 0 Å². The molecule has 0 aromatic carbocycles. The maximum Gasteiger partial charge on any atom is 0.155 e. The third-order valence-electron chi connectivity index (χ3n) is 7.11. The van der Waals surface area contributed by atoms with Crippen molar-refractivity contribution in [2.75, 3.05) is 0 Å². The van der Waals surface area contributed by atoms with Crippen LogP contribution in [0, 0.1) is 35.0 Å². The second-order valence-corrected chi connectivity index (χ2v) is 7.83. The van der Waals surface area contributed by atoms with Gasteiger partial charge in [0.25, 0.3) is 0 Å². The largest absolute Gasteiger partial charge is 0.303 e. The molecule has 2 saturated carbocycles. The van der Waals surface area contributed by atoms with Gasteiger partial charge in [-0.05, 0) is 72.8 Å². The third-order valence-corrected chi connectivity index (χ3v) is 7.11. The molecule has 0 N–H and O–H groups in total. The molecule has 0 aliphatic heterocycles.